The van der Waals surface area contributed by atoms with E-state index in [1.54, 1.807) is 6.21 Å². The number of benzene rings is 3. The fraction of sp³-hybridized carbons (Fsp3) is 0.321. The van der Waals surface area contributed by atoms with Crippen molar-refractivity contribution in [2.24, 2.45) is 4.99 Å². The van der Waals surface area contributed by atoms with Gasteiger partial charge in [-0.3, -0.25) is 4.99 Å². The minimum Gasteiger partial charge on any atom is -0.393 e. The molecule has 0 aliphatic carbocycles. The summed E-state index contributed by atoms with van der Waals surface area (Å²) < 4.78 is 12.6. The summed E-state index contributed by atoms with van der Waals surface area (Å²) in [5.41, 5.74) is 3.55. The zero-order chi connectivity index (χ0) is 23.4. The van der Waals surface area contributed by atoms with Gasteiger partial charge in [-0.15, -0.1) is 0 Å². The molecule has 1 unspecified atom stereocenters. The molecule has 172 valence electrons. The molecule has 4 nitrogen and oxygen atoms in total. The molecule has 0 radical (unpaired) electrons. The number of halogens is 1. The molecule has 1 heterocycles. The number of aliphatic hydroxyl groups excluding tert-OH is 1. The highest BCUT2D eigenvalue weighted by Gasteiger charge is 2.27. The van der Waals surface area contributed by atoms with Crippen molar-refractivity contribution in [2.75, 3.05) is 13.2 Å². The summed E-state index contributed by atoms with van der Waals surface area (Å²) in [5.74, 6) is 0. The lowest BCUT2D eigenvalue weighted by atomic mass is 9.87. The van der Waals surface area contributed by atoms with E-state index in [0.717, 1.165) is 33.0 Å². The average Bonchev–Trinajstić information content (AvgIpc) is 2.81. The Morgan fingerprint density at radius 1 is 1.12 bits per heavy atom. The molecule has 1 aliphatic rings. The Hall–Kier alpha value is -2.50. The van der Waals surface area contributed by atoms with Crippen LogP contribution in [0.4, 0.5) is 0 Å². The lowest BCUT2D eigenvalue weighted by Gasteiger charge is -2.31. The zero-order valence-electron chi connectivity index (χ0n) is 19.3. The molecule has 0 saturated carbocycles. The van der Waals surface area contributed by atoms with Crippen LogP contribution in [0.25, 0.3) is 21.9 Å². The van der Waals surface area contributed by atoms with E-state index in [2.05, 4.69) is 23.2 Å². The highest BCUT2D eigenvalue weighted by atomic mass is 35.5. The molecule has 0 bridgehead atoms. The van der Waals surface area contributed by atoms with Gasteiger partial charge in [0.1, 0.15) is 6.10 Å². The molecular weight excluding hydrogens is 434 g/mol. The van der Waals surface area contributed by atoms with E-state index in [0.29, 0.717) is 18.2 Å². The van der Waals surface area contributed by atoms with E-state index in [1.807, 2.05) is 69.3 Å². The van der Waals surface area contributed by atoms with Crippen LogP contribution in [0.15, 0.2) is 71.7 Å². The smallest absolute Gasteiger partial charge is 0.107 e. The van der Waals surface area contributed by atoms with Crippen LogP contribution in [0.5, 0.6) is 0 Å². The van der Waals surface area contributed by atoms with Crippen LogP contribution in [-0.2, 0) is 16.1 Å². The molecule has 3 aromatic rings. The van der Waals surface area contributed by atoms with Gasteiger partial charge in [-0.1, -0.05) is 54.1 Å². The second-order valence-electron chi connectivity index (χ2n) is 9.20. The van der Waals surface area contributed by atoms with Crippen molar-refractivity contribution in [3.8, 4) is 11.1 Å². The molecule has 33 heavy (non-hydrogen) atoms. The fourth-order valence-corrected chi connectivity index (χ4v) is 4.34. The van der Waals surface area contributed by atoms with Crippen molar-refractivity contribution in [3.05, 3.63) is 82.9 Å². The number of fused-ring (bicyclic) bond motifs is 1. The first kappa shape index (κ1) is 23.7. The molecule has 2 atom stereocenters. The van der Waals surface area contributed by atoms with Crippen LogP contribution in [0.1, 0.15) is 38.0 Å². The van der Waals surface area contributed by atoms with Gasteiger partial charge in [-0.25, -0.2) is 0 Å². The van der Waals surface area contributed by atoms with Gasteiger partial charge in [-0.05, 0) is 78.1 Å². The predicted molar refractivity (Wildman–Crippen MR) is 136 cm³/mol. The van der Waals surface area contributed by atoms with Crippen LogP contribution >= 0.6 is 11.6 Å². The molecule has 5 heteroatoms. The molecule has 0 spiro atoms. The Bertz CT molecular complexity index is 1160. The molecule has 4 rings (SSSR count). The third-order valence-corrected chi connectivity index (χ3v) is 5.80. The Balaban J connectivity index is 1.90. The number of hydrogen-bond donors (Lipinski definition) is 1. The lowest BCUT2D eigenvalue weighted by Crippen LogP contribution is -2.26. The third-order valence-electron chi connectivity index (χ3n) is 5.55. The number of dihydropyridines is 1. The van der Waals surface area contributed by atoms with E-state index in [9.17, 15) is 5.11 Å². The average molecular weight is 464 g/mol. The normalized spacial score (nSPS) is 16.9. The Morgan fingerprint density at radius 2 is 1.88 bits per heavy atom. The van der Waals surface area contributed by atoms with Crippen molar-refractivity contribution in [1.82, 2.24) is 0 Å². The summed E-state index contributed by atoms with van der Waals surface area (Å²) in [7, 11) is 0. The van der Waals surface area contributed by atoms with Gasteiger partial charge in [0, 0.05) is 11.2 Å². The van der Waals surface area contributed by atoms with Crippen molar-refractivity contribution in [1.29, 1.82) is 0 Å². The zero-order valence-corrected chi connectivity index (χ0v) is 20.0. The van der Waals surface area contributed by atoms with Gasteiger partial charge in [0.2, 0.25) is 0 Å². The van der Waals surface area contributed by atoms with E-state index in [-0.39, 0.29) is 12.7 Å². The topological polar surface area (TPSA) is 51.0 Å². The molecule has 0 fully saturated rings. The molecule has 0 aromatic heterocycles. The largest absolute Gasteiger partial charge is 0.393 e. The second-order valence-corrected chi connectivity index (χ2v) is 9.64. The van der Waals surface area contributed by atoms with Crippen LogP contribution < -0.4 is 0 Å². The van der Waals surface area contributed by atoms with Crippen LogP contribution in [-0.4, -0.2) is 36.2 Å². The molecule has 3 aromatic carbocycles. The first-order valence-corrected chi connectivity index (χ1v) is 11.6. The minimum atomic E-state index is -0.515. The molecule has 1 aliphatic heterocycles. The first-order valence-electron chi connectivity index (χ1n) is 11.2. The maximum Gasteiger partial charge on any atom is 0.107 e. The summed E-state index contributed by atoms with van der Waals surface area (Å²) in [4.78, 5) is 4.30. The highest BCUT2D eigenvalue weighted by molar-refractivity contribution is 6.30. The van der Waals surface area contributed by atoms with E-state index in [4.69, 9.17) is 21.1 Å². The number of hydrogen-bond acceptors (Lipinski definition) is 4. The monoisotopic (exact) mass is 463 g/mol. The quantitative estimate of drug-likeness (QED) is 0.433. The van der Waals surface area contributed by atoms with Crippen LogP contribution in [0.2, 0.25) is 5.02 Å². The summed E-state index contributed by atoms with van der Waals surface area (Å²) in [6, 6.07) is 18.2. The lowest BCUT2D eigenvalue weighted by molar-refractivity contribution is -0.0828. The second kappa shape index (κ2) is 10.2. The number of aliphatic hydroxyl groups is 1. The van der Waals surface area contributed by atoms with Crippen molar-refractivity contribution in [3.63, 3.8) is 0 Å². The Kier molecular flexibility index (Phi) is 7.30. The Morgan fingerprint density at radius 3 is 2.55 bits per heavy atom. The van der Waals surface area contributed by atoms with Gasteiger partial charge in [0.15, 0.2) is 0 Å². The minimum absolute atomic E-state index is 0.0792. The predicted octanol–water partition coefficient (Wildman–Crippen LogP) is 6.53. The number of aliphatic imine (C=N–C) groups is 1. The van der Waals surface area contributed by atoms with Gasteiger partial charge in [0.25, 0.3) is 0 Å². The van der Waals surface area contributed by atoms with Gasteiger partial charge in [-0.2, -0.15) is 0 Å². The fourth-order valence-electron chi connectivity index (χ4n) is 4.22. The first-order chi connectivity index (χ1) is 15.9. The summed E-state index contributed by atoms with van der Waals surface area (Å²) in [6.45, 7) is 6.84. The van der Waals surface area contributed by atoms with E-state index in [1.165, 1.54) is 0 Å². The van der Waals surface area contributed by atoms with Gasteiger partial charge in [0.05, 0.1) is 31.5 Å². The third kappa shape index (κ3) is 5.71. The Labute approximate surface area is 200 Å². The maximum atomic E-state index is 10.5. The summed E-state index contributed by atoms with van der Waals surface area (Å²) in [5, 5.41) is 13.3. The SMILES string of the molecule is CC(C)(C)O[C@H](CO)c1c(COC2C=CC=NC2)cc2ccccc2c1-c1ccc(Cl)cc1. The van der Waals surface area contributed by atoms with Crippen molar-refractivity contribution in [2.45, 2.75) is 45.2 Å². The van der Waals surface area contributed by atoms with Crippen molar-refractivity contribution >= 4 is 28.6 Å². The standard InChI is InChI=1S/C28H30ClNO3/c1-28(2,3)33-25(17-31)27-21(18-32-23-8-6-14-30-16-23)15-20-7-4-5-9-24(20)26(27)19-10-12-22(29)13-11-19/h4-15,23,25,31H,16-18H2,1-3H3/t23?,25-/m1/s1. The van der Waals surface area contributed by atoms with Gasteiger partial charge >= 0.3 is 0 Å². The number of nitrogens with zero attached hydrogens (tertiary/aromatic N) is 1. The molecule has 0 amide bonds. The number of rotatable bonds is 7. The molecule has 1 N–H and O–H groups in total. The van der Waals surface area contributed by atoms with Crippen LogP contribution in [0, 0.1) is 0 Å². The van der Waals surface area contributed by atoms with Crippen molar-refractivity contribution < 1.29 is 14.6 Å². The van der Waals surface area contributed by atoms with Crippen LogP contribution in [0.3, 0.4) is 0 Å². The van der Waals surface area contributed by atoms with E-state index >= 15 is 0 Å². The highest BCUT2D eigenvalue weighted by Crippen LogP contribution is 2.41. The molecular formula is C28H30ClNO3. The van der Waals surface area contributed by atoms with E-state index < -0.39 is 11.7 Å². The number of allylic oxidation sites excluding steroid dienone is 1. The molecule has 0 saturated heterocycles. The summed E-state index contributed by atoms with van der Waals surface area (Å²) >= 11 is 6.20. The summed E-state index contributed by atoms with van der Waals surface area (Å²) in [6.07, 6.45) is 5.12. The van der Waals surface area contributed by atoms with Gasteiger partial charge < -0.3 is 14.6 Å². The number of ether oxygens (including phenoxy) is 2. The maximum absolute atomic E-state index is 10.5.